The van der Waals surface area contributed by atoms with Crippen LogP contribution in [-0.4, -0.2) is 5.91 Å². The number of amides is 1. The number of carbonyl (C=O) groups is 1. The SMILES string of the molecule is Cc1cc(Br)c(NC(=O)/C(C#N)=C/c2c3ccccc3cc3ccccc23)c(Br)c1. The molecule has 0 heterocycles. The van der Waals surface area contributed by atoms with Gasteiger partial charge in [0.25, 0.3) is 5.91 Å². The highest BCUT2D eigenvalue weighted by molar-refractivity contribution is 9.11. The minimum atomic E-state index is -0.459. The second kappa shape index (κ2) is 8.43. The number of halogens is 2. The molecule has 0 spiro atoms. The van der Waals surface area contributed by atoms with Crippen LogP contribution in [0.3, 0.4) is 0 Å². The number of rotatable bonds is 3. The lowest BCUT2D eigenvalue weighted by atomic mass is 9.95. The van der Waals surface area contributed by atoms with E-state index in [1.807, 2.05) is 67.6 Å². The van der Waals surface area contributed by atoms with Crippen molar-refractivity contribution in [1.29, 1.82) is 5.26 Å². The molecule has 0 saturated heterocycles. The summed E-state index contributed by atoms with van der Waals surface area (Å²) in [5.41, 5.74) is 2.54. The average Bonchev–Trinajstić information content (AvgIpc) is 2.73. The lowest BCUT2D eigenvalue weighted by molar-refractivity contribution is -0.112. The Morgan fingerprint density at radius 1 is 0.933 bits per heavy atom. The maximum Gasteiger partial charge on any atom is 0.266 e. The van der Waals surface area contributed by atoms with Crippen molar-refractivity contribution in [1.82, 2.24) is 0 Å². The Bertz CT molecular complexity index is 1310. The zero-order chi connectivity index (χ0) is 21.3. The molecule has 0 unspecified atom stereocenters. The smallest absolute Gasteiger partial charge is 0.266 e. The number of hydrogen-bond donors (Lipinski definition) is 1. The van der Waals surface area contributed by atoms with Crippen LogP contribution in [0.5, 0.6) is 0 Å². The molecule has 3 nitrogen and oxygen atoms in total. The Labute approximate surface area is 191 Å². The molecular formula is C25H16Br2N2O. The Morgan fingerprint density at radius 2 is 1.47 bits per heavy atom. The maximum atomic E-state index is 13.0. The third-order valence-corrected chi connectivity index (χ3v) is 6.14. The van der Waals surface area contributed by atoms with Crippen LogP contribution >= 0.6 is 31.9 Å². The lowest BCUT2D eigenvalue weighted by Crippen LogP contribution is -2.14. The quantitative estimate of drug-likeness (QED) is 0.174. The van der Waals surface area contributed by atoms with Crippen LogP contribution in [0.4, 0.5) is 5.69 Å². The van der Waals surface area contributed by atoms with E-state index in [1.54, 1.807) is 6.08 Å². The van der Waals surface area contributed by atoms with Crippen molar-refractivity contribution < 1.29 is 4.79 Å². The third-order valence-electron chi connectivity index (χ3n) is 4.89. The molecule has 0 fully saturated rings. The molecule has 1 amide bonds. The molecule has 0 bridgehead atoms. The molecule has 0 radical (unpaired) electrons. The van der Waals surface area contributed by atoms with Gasteiger partial charge in [0.05, 0.1) is 5.69 Å². The van der Waals surface area contributed by atoms with Crippen molar-refractivity contribution in [3.63, 3.8) is 0 Å². The van der Waals surface area contributed by atoms with Crippen LogP contribution in [0.2, 0.25) is 0 Å². The fraction of sp³-hybridized carbons (Fsp3) is 0.0400. The van der Waals surface area contributed by atoms with E-state index >= 15 is 0 Å². The van der Waals surface area contributed by atoms with E-state index in [4.69, 9.17) is 0 Å². The van der Waals surface area contributed by atoms with E-state index in [1.165, 1.54) is 0 Å². The summed E-state index contributed by atoms with van der Waals surface area (Å²) in [7, 11) is 0. The lowest BCUT2D eigenvalue weighted by Gasteiger charge is -2.12. The molecule has 0 atom stereocenters. The van der Waals surface area contributed by atoms with Crippen LogP contribution in [0, 0.1) is 18.3 Å². The van der Waals surface area contributed by atoms with Crippen molar-refractivity contribution in [3.05, 3.63) is 92.4 Å². The van der Waals surface area contributed by atoms with Gasteiger partial charge in [-0.1, -0.05) is 48.5 Å². The van der Waals surface area contributed by atoms with Gasteiger partial charge in [0, 0.05) is 8.95 Å². The van der Waals surface area contributed by atoms with E-state index in [0.29, 0.717) is 5.69 Å². The van der Waals surface area contributed by atoms with Crippen LogP contribution in [-0.2, 0) is 4.79 Å². The highest BCUT2D eigenvalue weighted by Gasteiger charge is 2.15. The number of nitriles is 1. The number of anilines is 1. The van der Waals surface area contributed by atoms with E-state index in [9.17, 15) is 10.1 Å². The summed E-state index contributed by atoms with van der Waals surface area (Å²) in [5, 5.41) is 16.7. The molecule has 4 aromatic rings. The van der Waals surface area contributed by atoms with Gasteiger partial charge in [-0.25, -0.2) is 0 Å². The minimum Gasteiger partial charge on any atom is -0.319 e. The van der Waals surface area contributed by atoms with Gasteiger partial charge in [-0.15, -0.1) is 0 Å². The Hall–Kier alpha value is -2.94. The van der Waals surface area contributed by atoms with Gasteiger partial charge in [-0.3, -0.25) is 4.79 Å². The highest BCUT2D eigenvalue weighted by Crippen LogP contribution is 2.33. The molecule has 4 aromatic carbocycles. The first-order chi connectivity index (χ1) is 14.5. The summed E-state index contributed by atoms with van der Waals surface area (Å²) >= 11 is 6.96. The number of aryl methyl sites for hydroxylation is 1. The zero-order valence-electron chi connectivity index (χ0n) is 16.0. The van der Waals surface area contributed by atoms with E-state index in [2.05, 4.69) is 49.3 Å². The molecule has 5 heteroatoms. The van der Waals surface area contributed by atoms with Gasteiger partial charge in [0.2, 0.25) is 0 Å². The average molecular weight is 520 g/mol. The van der Waals surface area contributed by atoms with Gasteiger partial charge < -0.3 is 5.32 Å². The number of carbonyl (C=O) groups excluding carboxylic acids is 1. The fourth-order valence-corrected chi connectivity index (χ4v) is 5.11. The van der Waals surface area contributed by atoms with Gasteiger partial charge >= 0.3 is 0 Å². The molecule has 0 aliphatic rings. The summed E-state index contributed by atoms with van der Waals surface area (Å²) in [4.78, 5) is 13.0. The predicted molar refractivity (Wildman–Crippen MR) is 130 cm³/mol. The zero-order valence-corrected chi connectivity index (χ0v) is 19.2. The monoisotopic (exact) mass is 518 g/mol. The first kappa shape index (κ1) is 20.3. The van der Waals surface area contributed by atoms with Crippen LogP contribution < -0.4 is 5.32 Å². The Morgan fingerprint density at radius 3 is 2.00 bits per heavy atom. The number of benzene rings is 4. The number of nitrogens with zero attached hydrogens (tertiary/aromatic N) is 1. The molecule has 0 aliphatic carbocycles. The maximum absolute atomic E-state index is 13.0. The number of nitrogens with one attached hydrogen (secondary N) is 1. The van der Waals surface area contributed by atoms with Crippen LogP contribution in [0.1, 0.15) is 11.1 Å². The minimum absolute atomic E-state index is 0.0379. The second-order valence-electron chi connectivity index (χ2n) is 6.96. The summed E-state index contributed by atoms with van der Waals surface area (Å²) in [6, 6.07) is 24.0. The topological polar surface area (TPSA) is 52.9 Å². The summed E-state index contributed by atoms with van der Waals surface area (Å²) in [5.74, 6) is -0.459. The normalized spacial score (nSPS) is 11.5. The molecule has 0 aromatic heterocycles. The van der Waals surface area contributed by atoms with Crippen molar-refractivity contribution in [2.75, 3.05) is 5.32 Å². The van der Waals surface area contributed by atoms with Gasteiger partial charge in [-0.2, -0.15) is 5.26 Å². The Balaban J connectivity index is 1.84. The number of hydrogen-bond acceptors (Lipinski definition) is 2. The first-order valence-corrected chi connectivity index (χ1v) is 10.9. The molecular weight excluding hydrogens is 504 g/mol. The Kier molecular flexibility index (Phi) is 5.72. The fourth-order valence-electron chi connectivity index (χ4n) is 3.50. The molecule has 0 saturated carbocycles. The molecule has 4 rings (SSSR count). The first-order valence-electron chi connectivity index (χ1n) is 9.27. The van der Waals surface area contributed by atoms with Crippen molar-refractivity contribution in [3.8, 4) is 6.07 Å². The van der Waals surface area contributed by atoms with Crippen LogP contribution in [0.15, 0.2) is 81.2 Å². The molecule has 0 aliphatic heterocycles. The van der Waals surface area contributed by atoms with Gasteiger partial charge in [0.1, 0.15) is 11.6 Å². The van der Waals surface area contributed by atoms with Crippen molar-refractivity contribution in [2.45, 2.75) is 6.92 Å². The standard InChI is InChI=1S/C25H16Br2N2O/c1-15-10-22(26)24(23(27)11-15)29-25(30)18(14-28)13-21-19-8-4-2-6-16(19)12-17-7-3-5-9-20(17)21/h2-13H,1H3,(H,29,30)/b18-13+. The molecule has 146 valence electrons. The molecule has 30 heavy (non-hydrogen) atoms. The summed E-state index contributed by atoms with van der Waals surface area (Å²) < 4.78 is 1.49. The van der Waals surface area contributed by atoms with E-state index < -0.39 is 5.91 Å². The predicted octanol–water partition coefficient (Wildman–Crippen LogP) is 7.37. The largest absolute Gasteiger partial charge is 0.319 e. The van der Waals surface area contributed by atoms with E-state index in [0.717, 1.165) is 41.6 Å². The van der Waals surface area contributed by atoms with E-state index in [-0.39, 0.29) is 5.57 Å². The second-order valence-corrected chi connectivity index (χ2v) is 8.67. The summed E-state index contributed by atoms with van der Waals surface area (Å²) in [6.45, 7) is 1.97. The third kappa shape index (κ3) is 3.89. The summed E-state index contributed by atoms with van der Waals surface area (Å²) in [6.07, 6.45) is 1.68. The molecule has 1 N–H and O–H groups in total. The van der Waals surface area contributed by atoms with Crippen LogP contribution in [0.25, 0.3) is 27.6 Å². The van der Waals surface area contributed by atoms with Crippen molar-refractivity contribution in [2.24, 2.45) is 0 Å². The van der Waals surface area contributed by atoms with Crippen molar-refractivity contribution >= 4 is 71.1 Å². The number of fused-ring (bicyclic) bond motifs is 2. The highest BCUT2D eigenvalue weighted by atomic mass is 79.9. The van der Waals surface area contributed by atoms with Gasteiger partial charge in [-0.05, 0) is 95.7 Å². The van der Waals surface area contributed by atoms with Gasteiger partial charge in [0.15, 0.2) is 0 Å².